The second-order valence-corrected chi connectivity index (χ2v) is 7.22. The molecule has 3 rings (SSSR count). The Labute approximate surface area is 143 Å². The van der Waals surface area contributed by atoms with Crippen molar-refractivity contribution in [3.05, 3.63) is 35.6 Å². The first-order valence-electron chi connectivity index (χ1n) is 8.94. The van der Waals surface area contributed by atoms with Gasteiger partial charge in [0.15, 0.2) is 0 Å². The largest absolute Gasteiger partial charge is 0.373 e. The molecule has 1 aromatic carbocycles. The predicted octanol–water partition coefficient (Wildman–Crippen LogP) is 2.79. The third kappa shape index (κ3) is 4.33. The highest BCUT2D eigenvalue weighted by Gasteiger charge is 2.28. The summed E-state index contributed by atoms with van der Waals surface area (Å²) in [5.74, 6) is 0.348. The number of nitrogens with zero attached hydrogens (tertiary/aromatic N) is 2. The first-order valence-corrected chi connectivity index (χ1v) is 8.94. The van der Waals surface area contributed by atoms with Gasteiger partial charge in [0.1, 0.15) is 5.82 Å². The lowest BCUT2D eigenvalue weighted by Crippen LogP contribution is -2.48. The van der Waals surface area contributed by atoms with E-state index in [1.54, 1.807) is 12.1 Å². The summed E-state index contributed by atoms with van der Waals surface area (Å²) in [4.78, 5) is 16.9. The molecule has 24 heavy (non-hydrogen) atoms. The van der Waals surface area contributed by atoms with Crippen molar-refractivity contribution in [2.75, 3.05) is 32.7 Å². The van der Waals surface area contributed by atoms with E-state index in [4.69, 9.17) is 4.74 Å². The van der Waals surface area contributed by atoms with Gasteiger partial charge in [-0.1, -0.05) is 0 Å². The number of piperidine rings is 1. The van der Waals surface area contributed by atoms with Crippen LogP contribution in [0.4, 0.5) is 4.39 Å². The summed E-state index contributed by atoms with van der Waals surface area (Å²) in [5, 5.41) is 0. The van der Waals surface area contributed by atoms with E-state index >= 15 is 0 Å². The molecule has 0 spiro atoms. The minimum atomic E-state index is -0.306. The third-order valence-electron chi connectivity index (χ3n) is 5.00. The average molecular weight is 334 g/mol. The van der Waals surface area contributed by atoms with Crippen molar-refractivity contribution in [1.82, 2.24) is 9.80 Å². The molecule has 0 unspecified atom stereocenters. The van der Waals surface area contributed by atoms with Crippen LogP contribution in [0.3, 0.4) is 0 Å². The highest BCUT2D eigenvalue weighted by atomic mass is 19.1. The maximum Gasteiger partial charge on any atom is 0.253 e. The molecule has 5 heteroatoms. The molecule has 0 aliphatic carbocycles. The Morgan fingerprint density at radius 2 is 1.71 bits per heavy atom. The molecule has 0 radical (unpaired) electrons. The first-order chi connectivity index (χ1) is 11.5. The fourth-order valence-electron chi connectivity index (χ4n) is 3.89. The van der Waals surface area contributed by atoms with Crippen LogP contribution in [0.15, 0.2) is 24.3 Å². The molecule has 1 aromatic rings. The van der Waals surface area contributed by atoms with Crippen LogP contribution in [-0.2, 0) is 4.74 Å². The van der Waals surface area contributed by atoms with Crippen molar-refractivity contribution in [1.29, 1.82) is 0 Å². The summed E-state index contributed by atoms with van der Waals surface area (Å²) < 4.78 is 18.8. The molecule has 4 nitrogen and oxygen atoms in total. The number of ether oxygens (including phenoxy) is 1. The van der Waals surface area contributed by atoms with Crippen LogP contribution in [-0.4, -0.2) is 60.6 Å². The van der Waals surface area contributed by atoms with Crippen LogP contribution >= 0.6 is 0 Å². The second kappa shape index (κ2) is 7.62. The van der Waals surface area contributed by atoms with Gasteiger partial charge >= 0.3 is 0 Å². The molecule has 1 amide bonds. The van der Waals surface area contributed by atoms with Crippen molar-refractivity contribution in [2.24, 2.45) is 5.92 Å². The summed E-state index contributed by atoms with van der Waals surface area (Å²) in [5.41, 5.74) is 0.575. The molecule has 2 aliphatic heterocycles. The lowest BCUT2D eigenvalue weighted by molar-refractivity contribution is -0.0728. The molecule has 132 valence electrons. The van der Waals surface area contributed by atoms with Crippen LogP contribution in [0.5, 0.6) is 0 Å². The quantitative estimate of drug-likeness (QED) is 0.852. The summed E-state index contributed by atoms with van der Waals surface area (Å²) in [7, 11) is 0. The number of halogens is 1. The third-order valence-corrected chi connectivity index (χ3v) is 5.00. The summed E-state index contributed by atoms with van der Waals surface area (Å²) in [6, 6.07) is 5.84. The Morgan fingerprint density at radius 3 is 2.29 bits per heavy atom. The Kier molecular flexibility index (Phi) is 5.51. The van der Waals surface area contributed by atoms with E-state index < -0.39 is 0 Å². The number of carbonyl (C=O) groups is 1. The molecule has 2 atom stereocenters. The van der Waals surface area contributed by atoms with Gasteiger partial charge in [-0.05, 0) is 56.9 Å². The highest BCUT2D eigenvalue weighted by molar-refractivity contribution is 5.94. The molecule has 2 aliphatic rings. The molecule has 0 N–H and O–H groups in total. The van der Waals surface area contributed by atoms with Crippen molar-refractivity contribution in [3.63, 3.8) is 0 Å². The van der Waals surface area contributed by atoms with E-state index in [1.165, 1.54) is 12.1 Å². The Balaban J connectivity index is 1.48. The zero-order valence-corrected chi connectivity index (χ0v) is 14.6. The fourth-order valence-corrected chi connectivity index (χ4v) is 3.89. The van der Waals surface area contributed by atoms with Crippen molar-refractivity contribution >= 4 is 5.91 Å². The molecular weight excluding hydrogens is 307 g/mol. The molecule has 2 fully saturated rings. The van der Waals surface area contributed by atoms with Gasteiger partial charge in [-0.15, -0.1) is 0 Å². The smallest absolute Gasteiger partial charge is 0.253 e. The van der Waals surface area contributed by atoms with Crippen molar-refractivity contribution in [2.45, 2.75) is 38.9 Å². The maximum atomic E-state index is 13.0. The van der Waals surface area contributed by atoms with Crippen LogP contribution in [0.2, 0.25) is 0 Å². The number of morpholine rings is 1. The van der Waals surface area contributed by atoms with E-state index in [-0.39, 0.29) is 11.7 Å². The van der Waals surface area contributed by atoms with Crippen molar-refractivity contribution < 1.29 is 13.9 Å². The number of benzene rings is 1. The number of hydrogen-bond acceptors (Lipinski definition) is 3. The Bertz CT molecular complexity index is 545. The van der Waals surface area contributed by atoms with Gasteiger partial charge in [-0.3, -0.25) is 9.69 Å². The normalized spacial score (nSPS) is 26.5. The number of hydrogen-bond donors (Lipinski definition) is 0. The monoisotopic (exact) mass is 334 g/mol. The van der Waals surface area contributed by atoms with Gasteiger partial charge < -0.3 is 9.64 Å². The minimum Gasteiger partial charge on any atom is -0.373 e. The van der Waals surface area contributed by atoms with E-state index in [0.717, 1.165) is 45.6 Å². The molecule has 0 aromatic heterocycles. The molecule has 2 saturated heterocycles. The van der Waals surface area contributed by atoms with Gasteiger partial charge in [0, 0.05) is 38.3 Å². The second-order valence-electron chi connectivity index (χ2n) is 7.22. The minimum absolute atomic E-state index is 0.0158. The van der Waals surface area contributed by atoms with Crippen LogP contribution in [0.25, 0.3) is 0 Å². The van der Waals surface area contributed by atoms with Crippen LogP contribution < -0.4 is 0 Å². The van der Waals surface area contributed by atoms with Gasteiger partial charge in [-0.25, -0.2) is 4.39 Å². The van der Waals surface area contributed by atoms with E-state index in [1.807, 2.05) is 4.90 Å². The summed E-state index contributed by atoms with van der Waals surface area (Å²) >= 11 is 0. The number of carbonyl (C=O) groups excluding carboxylic acids is 1. The molecule has 2 heterocycles. The molecule has 0 saturated carbocycles. The summed E-state index contributed by atoms with van der Waals surface area (Å²) in [6.07, 6.45) is 2.67. The van der Waals surface area contributed by atoms with Gasteiger partial charge in [0.05, 0.1) is 12.2 Å². The zero-order chi connectivity index (χ0) is 17.1. The summed E-state index contributed by atoms with van der Waals surface area (Å²) in [6.45, 7) is 8.93. The lowest BCUT2D eigenvalue weighted by Gasteiger charge is -2.39. The number of likely N-dealkylation sites (tertiary alicyclic amines) is 1. The lowest BCUT2D eigenvalue weighted by atomic mass is 9.95. The van der Waals surface area contributed by atoms with Gasteiger partial charge in [-0.2, -0.15) is 0 Å². The standard InChI is InChI=1S/C19H27FN2O2/c1-14-11-21(12-15(2)24-14)13-16-7-9-22(10-8-16)19(23)17-3-5-18(20)6-4-17/h3-6,14-16H,7-13H2,1-2H3/t14-,15+. The zero-order valence-electron chi connectivity index (χ0n) is 14.6. The Morgan fingerprint density at radius 1 is 1.12 bits per heavy atom. The topological polar surface area (TPSA) is 32.8 Å². The van der Waals surface area contributed by atoms with E-state index in [2.05, 4.69) is 18.7 Å². The molecular formula is C19H27FN2O2. The average Bonchev–Trinajstić information content (AvgIpc) is 2.55. The van der Waals surface area contributed by atoms with Gasteiger partial charge in [0.2, 0.25) is 0 Å². The SMILES string of the molecule is C[C@@H]1CN(CC2CCN(C(=O)c3ccc(F)cc3)CC2)C[C@H](C)O1. The van der Waals surface area contributed by atoms with Crippen LogP contribution in [0, 0.1) is 11.7 Å². The Hall–Kier alpha value is -1.46. The number of amides is 1. The first kappa shape index (κ1) is 17.4. The van der Waals surface area contributed by atoms with Crippen molar-refractivity contribution in [3.8, 4) is 0 Å². The van der Waals surface area contributed by atoms with Crippen LogP contribution in [0.1, 0.15) is 37.0 Å². The van der Waals surface area contributed by atoms with E-state index in [0.29, 0.717) is 23.7 Å². The predicted molar refractivity (Wildman–Crippen MR) is 91.5 cm³/mol. The van der Waals surface area contributed by atoms with Gasteiger partial charge in [0.25, 0.3) is 5.91 Å². The highest BCUT2D eigenvalue weighted by Crippen LogP contribution is 2.22. The maximum absolute atomic E-state index is 13.0. The number of rotatable bonds is 3. The molecule has 0 bridgehead atoms. The fraction of sp³-hybridized carbons (Fsp3) is 0.632. The van der Waals surface area contributed by atoms with E-state index in [9.17, 15) is 9.18 Å².